The molecule has 2 N–H and O–H groups in total. The number of rotatable bonds is 5. The summed E-state index contributed by atoms with van der Waals surface area (Å²) in [5.41, 5.74) is 5.31. The summed E-state index contributed by atoms with van der Waals surface area (Å²) in [5, 5.41) is 5.72. The number of ether oxygens (including phenoxy) is 1. The van der Waals surface area contributed by atoms with Gasteiger partial charge in [0.05, 0.1) is 6.21 Å². The molecule has 1 atom stereocenters. The Labute approximate surface area is 150 Å². The van der Waals surface area contributed by atoms with Gasteiger partial charge >= 0.3 is 0 Å². The minimum absolute atomic E-state index is 0.330. The van der Waals surface area contributed by atoms with E-state index in [1.165, 1.54) is 0 Å². The molecule has 6 heteroatoms. The number of fused-ring (bicyclic) bond motifs is 1. The van der Waals surface area contributed by atoms with Gasteiger partial charge in [0, 0.05) is 27.7 Å². The van der Waals surface area contributed by atoms with Gasteiger partial charge in [0.2, 0.25) is 0 Å². The third-order valence-electron chi connectivity index (χ3n) is 3.81. The maximum Gasteiger partial charge on any atom is 0.280 e. The van der Waals surface area contributed by atoms with Crippen molar-refractivity contribution in [3.63, 3.8) is 0 Å². The van der Waals surface area contributed by atoms with Gasteiger partial charge in [0.25, 0.3) is 5.91 Å². The average molecular weight is 356 g/mol. The number of aryl methyl sites for hydroxylation is 1. The molecule has 0 saturated heterocycles. The highest BCUT2D eigenvalue weighted by Gasteiger charge is 2.14. The van der Waals surface area contributed by atoms with Crippen LogP contribution < -0.4 is 10.2 Å². The number of amides is 1. The lowest BCUT2D eigenvalue weighted by Gasteiger charge is -2.13. The van der Waals surface area contributed by atoms with Crippen molar-refractivity contribution in [1.82, 2.24) is 10.4 Å². The van der Waals surface area contributed by atoms with Crippen LogP contribution in [0, 0.1) is 6.92 Å². The molecule has 2 aromatic carbocycles. The highest BCUT2D eigenvalue weighted by atomic mass is 35.5. The van der Waals surface area contributed by atoms with Crippen LogP contribution in [-0.4, -0.2) is 23.2 Å². The van der Waals surface area contributed by atoms with Crippen molar-refractivity contribution in [3.05, 3.63) is 64.8 Å². The maximum atomic E-state index is 12.1. The Morgan fingerprint density at radius 3 is 2.92 bits per heavy atom. The number of para-hydroxylation sites is 1. The molecular formula is C19H18ClN3O2. The Hall–Kier alpha value is -2.79. The van der Waals surface area contributed by atoms with E-state index in [1.807, 2.05) is 37.4 Å². The molecule has 1 amide bonds. The zero-order valence-electron chi connectivity index (χ0n) is 13.9. The van der Waals surface area contributed by atoms with Crippen molar-refractivity contribution in [3.8, 4) is 5.75 Å². The summed E-state index contributed by atoms with van der Waals surface area (Å²) in [6.45, 7) is 3.55. The summed E-state index contributed by atoms with van der Waals surface area (Å²) in [6, 6.07) is 13.1. The second-order valence-electron chi connectivity index (χ2n) is 5.69. The van der Waals surface area contributed by atoms with E-state index in [0.29, 0.717) is 10.8 Å². The average Bonchev–Trinajstić information content (AvgIpc) is 3.01. The highest BCUT2D eigenvalue weighted by Crippen LogP contribution is 2.22. The first-order valence-electron chi connectivity index (χ1n) is 7.86. The fourth-order valence-electron chi connectivity index (χ4n) is 2.41. The van der Waals surface area contributed by atoms with Gasteiger partial charge in [-0.05, 0) is 43.7 Å². The summed E-state index contributed by atoms with van der Waals surface area (Å²) in [5.74, 6) is 0.258. The third kappa shape index (κ3) is 4.00. The maximum absolute atomic E-state index is 12.1. The predicted molar refractivity (Wildman–Crippen MR) is 100 cm³/mol. The molecule has 0 aliphatic rings. The van der Waals surface area contributed by atoms with E-state index < -0.39 is 6.10 Å². The van der Waals surface area contributed by atoms with E-state index in [4.69, 9.17) is 16.3 Å². The normalized spacial score (nSPS) is 12.4. The second-order valence-corrected chi connectivity index (χ2v) is 6.10. The van der Waals surface area contributed by atoms with Crippen molar-refractivity contribution < 1.29 is 9.53 Å². The summed E-state index contributed by atoms with van der Waals surface area (Å²) >= 11 is 5.98. The number of hydrogen-bond acceptors (Lipinski definition) is 3. The monoisotopic (exact) mass is 355 g/mol. The molecule has 128 valence electrons. The lowest BCUT2D eigenvalue weighted by molar-refractivity contribution is -0.127. The molecule has 0 saturated carbocycles. The molecule has 1 heterocycles. The van der Waals surface area contributed by atoms with Crippen molar-refractivity contribution in [2.75, 3.05) is 0 Å². The van der Waals surface area contributed by atoms with Gasteiger partial charge in [0.1, 0.15) is 5.75 Å². The number of carbonyl (C=O) groups is 1. The van der Waals surface area contributed by atoms with Gasteiger partial charge in [0.15, 0.2) is 6.10 Å². The topological polar surface area (TPSA) is 66.5 Å². The van der Waals surface area contributed by atoms with Crippen LogP contribution in [-0.2, 0) is 4.79 Å². The third-order valence-corrected chi connectivity index (χ3v) is 4.24. The van der Waals surface area contributed by atoms with E-state index >= 15 is 0 Å². The molecule has 1 aromatic heterocycles. The first-order valence-corrected chi connectivity index (χ1v) is 8.24. The molecule has 0 spiro atoms. The summed E-state index contributed by atoms with van der Waals surface area (Å²) in [4.78, 5) is 15.3. The Morgan fingerprint density at radius 2 is 2.12 bits per heavy atom. The predicted octanol–water partition coefficient (Wildman–Crippen LogP) is 4.05. The lowest BCUT2D eigenvalue weighted by atomic mass is 10.2. The van der Waals surface area contributed by atoms with Crippen LogP contribution in [0.5, 0.6) is 5.75 Å². The van der Waals surface area contributed by atoms with Crippen LogP contribution >= 0.6 is 11.6 Å². The molecule has 0 bridgehead atoms. The van der Waals surface area contributed by atoms with Crippen molar-refractivity contribution in [1.29, 1.82) is 0 Å². The zero-order chi connectivity index (χ0) is 17.8. The fraction of sp³-hybridized carbons (Fsp3) is 0.158. The molecule has 0 aliphatic heterocycles. The molecule has 25 heavy (non-hydrogen) atoms. The molecule has 0 unspecified atom stereocenters. The SMILES string of the molecule is Cc1cc(O[C@H](C)C(=O)N/N=C\c2c[nH]c3ccccc23)ccc1Cl. The molecule has 5 nitrogen and oxygen atoms in total. The molecule has 0 fully saturated rings. The molecular weight excluding hydrogens is 338 g/mol. The van der Waals surface area contributed by atoms with Crippen LogP contribution in [0.1, 0.15) is 18.1 Å². The number of H-pyrrole nitrogens is 1. The van der Waals surface area contributed by atoms with Gasteiger partial charge in [-0.25, -0.2) is 5.43 Å². The van der Waals surface area contributed by atoms with Gasteiger partial charge in [-0.15, -0.1) is 0 Å². The van der Waals surface area contributed by atoms with Gasteiger partial charge in [-0.1, -0.05) is 29.8 Å². The van der Waals surface area contributed by atoms with E-state index in [0.717, 1.165) is 22.0 Å². The number of aromatic nitrogens is 1. The summed E-state index contributed by atoms with van der Waals surface area (Å²) < 4.78 is 5.62. The van der Waals surface area contributed by atoms with Gasteiger partial charge in [-0.2, -0.15) is 5.10 Å². The standard InChI is InChI=1S/C19H18ClN3O2/c1-12-9-15(7-8-17(12)20)25-13(2)19(24)23-22-11-14-10-21-18-6-4-3-5-16(14)18/h3-11,13,21H,1-2H3,(H,23,24)/b22-11-/t13-/m1/s1. The number of aromatic amines is 1. The first-order chi connectivity index (χ1) is 12.0. The molecule has 3 rings (SSSR count). The number of carbonyl (C=O) groups excluding carboxylic acids is 1. The second kappa shape index (κ2) is 7.40. The number of halogens is 1. The Kier molecular flexibility index (Phi) is 5.05. The fourth-order valence-corrected chi connectivity index (χ4v) is 2.52. The Balaban J connectivity index is 1.60. The lowest BCUT2D eigenvalue weighted by Crippen LogP contribution is -2.33. The van der Waals surface area contributed by atoms with Gasteiger partial charge < -0.3 is 9.72 Å². The molecule has 3 aromatic rings. The van der Waals surface area contributed by atoms with E-state index in [1.54, 1.807) is 31.3 Å². The molecule has 0 aliphatic carbocycles. The quantitative estimate of drug-likeness (QED) is 0.535. The van der Waals surface area contributed by atoms with Crippen molar-refractivity contribution in [2.24, 2.45) is 5.10 Å². The minimum atomic E-state index is -0.680. The van der Waals surface area contributed by atoms with Gasteiger partial charge in [-0.3, -0.25) is 4.79 Å². The van der Waals surface area contributed by atoms with E-state index in [-0.39, 0.29) is 5.91 Å². The number of hydrazone groups is 1. The summed E-state index contributed by atoms with van der Waals surface area (Å²) in [6.07, 6.45) is 2.77. The number of benzene rings is 2. The Morgan fingerprint density at radius 1 is 1.32 bits per heavy atom. The zero-order valence-corrected chi connectivity index (χ0v) is 14.7. The number of nitrogens with one attached hydrogen (secondary N) is 2. The van der Waals surface area contributed by atoms with Crippen LogP contribution in [0.4, 0.5) is 0 Å². The Bertz CT molecular complexity index is 933. The van der Waals surface area contributed by atoms with E-state index in [2.05, 4.69) is 15.5 Å². The largest absolute Gasteiger partial charge is 0.481 e. The van der Waals surface area contributed by atoms with Crippen LogP contribution in [0.25, 0.3) is 10.9 Å². The van der Waals surface area contributed by atoms with Crippen molar-refractivity contribution >= 4 is 34.6 Å². The first kappa shape index (κ1) is 17.0. The van der Waals surface area contributed by atoms with Crippen LogP contribution in [0.3, 0.4) is 0 Å². The minimum Gasteiger partial charge on any atom is -0.481 e. The smallest absolute Gasteiger partial charge is 0.280 e. The summed E-state index contributed by atoms with van der Waals surface area (Å²) in [7, 11) is 0. The van der Waals surface area contributed by atoms with Crippen molar-refractivity contribution in [2.45, 2.75) is 20.0 Å². The number of hydrogen-bond donors (Lipinski definition) is 2. The number of nitrogens with zero attached hydrogens (tertiary/aromatic N) is 1. The van der Waals surface area contributed by atoms with Crippen LogP contribution in [0.15, 0.2) is 53.8 Å². The van der Waals surface area contributed by atoms with Crippen LogP contribution in [0.2, 0.25) is 5.02 Å². The van der Waals surface area contributed by atoms with E-state index in [9.17, 15) is 4.79 Å². The highest BCUT2D eigenvalue weighted by molar-refractivity contribution is 6.31. The molecule has 0 radical (unpaired) electrons.